The van der Waals surface area contributed by atoms with E-state index in [0.717, 1.165) is 33.3 Å². The Kier molecular flexibility index (Phi) is 9.80. The maximum absolute atomic E-state index is 14.1. The Bertz CT molecular complexity index is 1660. The first kappa shape index (κ1) is 29.9. The van der Waals surface area contributed by atoms with Gasteiger partial charge in [-0.2, -0.15) is 0 Å². The fourth-order valence-electron chi connectivity index (χ4n) is 5.23. The Morgan fingerprint density at radius 2 is 1.47 bits per heavy atom. The maximum atomic E-state index is 14.1. The standard InChI is InChI=1S/C36H37ClN4O2/c1-39(2)32-17-15-28(16-18-32)25-40(22-20-30-24-38-34-14-7-6-13-33(30)34)35(42)26-41(21-19-27-9-4-3-5-10-27)36(43)29-11-8-12-31(37)23-29/h3-18,23-24,38H,19-22,25-26H2,1-2H3. The minimum absolute atomic E-state index is 0.0259. The van der Waals surface area contributed by atoms with E-state index in [2.05, 4.69) is 46.3 Å². The van der Waals surface area contributed by atoms with Gasteiger partial charge in [-0.25, -0.2) is 0 Å². The van der Waals surface area contributed by atoms with E-state index in [1.54, 1.807) is 29.2 Å². The number of rotatable bonds is 12. The lowest BCUT2D eigenvalue weighted by molar-refractivity contribution is -0.132. The zero-order valence-corrected chi connectivity index (χ0v) is 25.4. The largest absolute Gasteiger partial charge is 0.378 e. The molecule has 1 N–H and O–H groups in total. The summed E-state index contributed by atoms with van der Waals surface area (Å²) < 4.78 is 0. The van der Waals surface area contributed by atoms with Crippen LogP contribution in [0, 0.1) is 0 Å². The second-order valence-electron chi connectivity index (χ2n) is 11.0. The third-order valence-corrected chi connectivity index (χ3v) is 7.94. The van der Waals surface area contributed by atoms with Crippen molar-refractivity contribution in [2.75, 3.05) is 38.6 Å². The highest BCUT2D eigenvalue weighted by Crippen LogP contribution is 2.20. The first-order chi connectivity index (χ1) is 20.9. The van der Waals surface area contributed by atoms with Crippen molar-refractivity contribution in [3.05, 3.63) is 137 Å². The Balaban J connectivity index is 1.38. The Morgan fingerprint density at radius 1 is 0.744 bits per heavy atom. The Hall–Kier alpha value is -4.55. The molecule has 6 nitrogen and oxygen atoms in total. The minimum Gasteiger partial charge on any atom is -0.378 e. The normalized spacial score (nSPS) is 11.0. The van der Waals surface area contributed by atoms with Gasteiger partial charge >= 0.3 is 0 Å². The summed E-state index contributed by atoms with van der Waals surface area (Å²) in [5.74, 6) is -0.307. The molecule has 0 unspecified atom stereocenters. The molecule has 0 atom stereocenters. The summed E-state index contributed by atoms with van der Waals surface area (Å²) >= 11 is 6.22. The monoisotopic (exact) mass is 592 g/mol. The molecule has 0 spiro atoms. The van der Waals surface area contributed by atoms with Crippen LogP contribution in [0.1, 0.15) is 27.0 Å². The Labute approximate surface area is 258 Å². The van der Waals surface area contributed by atoms with Gasteiger partial charge in [0, 0.05) is 67.1 Å². The smallest absolute Gasteiger partial charge is 0.254 e. The molecule has 220 valence electrons. The maximum Gasteiger partial charge on any atom is 0.254 e. The van der Waals surface area contributed by atoms with E-state index in [0.29, 0.717) is 43.1 Å². The van der Waals surface area contributed by atoms with Crippen LogP contribution in [0.4, 0.5) is 5.69 Å². The van der Waals surface area contributed by atoms with Crippen LogP contribution in [0.2, 0.25) is 5.02 Å². The molecule has 5 aromatic rings. The molecule has 43 heavy (non-hydrogen) atoms. The number of H-pyrrole nitrogens is 1. The predicted molar refractivity (Wildman–Crippen MR) is 176 cm³/mol. The van der Waals surface area contributed by atoms with Gasteiger partial charge < -0.3 is 19.7 Å². The van der Waals surface area contributed by atoms with Crippen molar-refractivity contribution >= 4 is 40.0 Å². The summed E-state index contributed by atoms with van der Waals surface area (Å²) in [5, 5.41) is 1.65. The van der Waals surface area contributed by atoms with Gasteiger partial charge in [-0.15, -0.1) is 0 Å². The number of nitrogens with zero attached hydrogens (tertiary/aromatic N) is 3. The van der Waals surface area contributed by atoms with Gasteiger partial charge in [0.1, 0.15) is 6.54 Å². The molecule has 0 aliphatic heterocycles. The number of amides is 2. The number of para-hydroxylation sites is 1. The number of carbonyl (C=O) groups excluding carboxylic acids is 2. The summed E-state index contributed by atoms with van der Waals surface area (Å²) in [6.45, 7) is 1.36. The van der Waals surface area contributed by atoms with Crippen LogP contribution >= 0.6 is 11.6 Å². The van der Waals surface area contributed by atoms with Crippen LogP contribution in [0.25, 0.3) is 10.9 Å². The second kappa shape index (κ2) is 14.1. The lowest BCUT2D eigenvalue weighted by Gasteiger charge is -2.28. The van der Waals surface area contributed by atoms with E-state index in [4.69, 9.17) is 11.6 Å². The summed E-state index contributed by atoms with van der Waals surface area (Å²) in [6, 6.07) is 33.4. The lowest BCUT2D eigenvalue weighted by atomic mass is 10.1. The van der Waals surface area contributed by atoms with Crippen LogP contribution in [-0.4, -0.2) is 60.3 Å². The van der Waals surface area contributed by atoms with Gasteiger partial charge in [-0.1, -0.05) is 78.3 Å². The zero-order valence-electron chi connectivity index (χ0n) is 24.7. The number of nitrogens with one attached hydrogen (secondary N) is 1. The number of hydrogen-bond acceptors (Lipinski definition) is 3. The van der Waals surface area contributed by atoms with Crippen molar-refractivity contribution in [3.8, 4) is 0 Å². The van der Waals surface area contributed by atoms with Crippen molar-refractivity contribution in [1.29, 1.82) is 0 Å². The van der Waals surface area contributed by atoms with Crippen molar-refractivity contribution in [2.45, 2.75) is 19.4 Å². The van der Waals surface area contributed by atoms with E-state index in [9.17, 15) is 9.59 Å². The van der Waals surface area contributed by atoms with Crippen LogP contribution < -0.4 is 4.90 Å². The van der Waals surface area contributed by atoms with Crippen LogP contribution in [0.3, 0.4) is 0 Å². The molecule has 0 aliphatic rings. The van der Waals surface area contributed by atoms with Crippen LogP contribution in [0.15, 0.2) is 109 Å². The van der Waals surface area contributed by atoms with Gasteiger partial charge in [0.2, 0.25) is 5.91 Å². The van der Waals surface area contributed by atoms with E-state index < -0.39 is 0 Å². The molecule has 7 heteroatoms. The number of hydrogen-bond donors (Lipinski definition) is 1. The number of benzene rings is 4. The minimum atomic E-state index is -0.210. The number of carbonyl (C=O) groups is 2. The number of aromatic nitrogens is 1. The fourth-order valence-corrected chi connectivity index (χ4v) is 5.42. The second-order valence-corrected chi connectivity index (χ2v) is 11.4. The van der Waals surface area contributed by atoms with E-state index in [1.165, 1.54) is 0 Å². The summed E-state index contributed by atoms with van der Waals surface area (Å²) in [6.07, 6.45) is 3.35. The first-order valence-corrected chi connectivity index (χ1v) is 14.9. The van der Waals surface area contributed by atoms with Crippen molar-refractivity contribution in [3.63, 3.8) is 0 Å². The molecule has 1 heterocycles. The highest BCUT2D eigenvalue weighted by atomic mass is 35.5. The molecule has 4 aromatic carbocycles. The zero-order chi connectivity index (χ0) is 30.2. The molecule has 1 aromatic heterocycles. The molecule has 0 bridgehead atoms. The lowest BCUT2D eigenvalue weighted by Crippen LogP contribution is -2.44. The summed E-state index contributed by atoms with van der Waals surface area (Å²) in [5.41, 5.74) is 5.95. The average Bonchev–Trinajstić information content (AvgIpc) is 3.44. The van der Waals surface area contributed by atoms with E-state index in [-0.39, 0.29) is 18.4 Å². The van der Waals surface area contributed by atoms with Crippen LogP contribution in [-0.2, 0) is 24.2 Å². The van der Waals surface area contributed by atoms with Gasteiger partial charge in [0.25, 0.3) is 5.91 Å². The Morgan fingerprint density at radius 3 is 2.21 bits per heavy atom. The van der Waals surface area contributed by atoms with Gasteiger partial charge in [0.05, 0.1) is 0 Å². The summed E-state index contributed by atoms with van der Waals surface area (Å²) in [7, 11) is 4.01. The molecule has 0 fully saturated rings. The number of anilines is 1. The van der Waals surface area contributed by atoms with Gasteiger partial charge in [0.15, 0.2) is 0 Å². The van der Waals surface area contributed by atoms with Crippen molar-refractivity contribution < 1.29 is 9.59 Å². The average molecular weight is 593 g/mol. The van der Waals surface area contributed by atoms with Gasteiger partial charge in [-0.05, 0) is 65.9 Å². The highest BCUT2D eigenvalue weighted by molar-refractivity contribution is 6.31. The van der Waals surface area contributed by atoms with Crippen LogP contribution in [0.5, 0.6) is 0 Å². The molecule has 0 saturated carbocycles. The predicted octanol–water partition coefficient (Wildman–Crippen LogP) is 6.84. The van der Waals surface area contributed by atoms with Gasteiger partial charge in [-0.3, -0.25) is 9.59 Å². The highest BCUT2D eigenvalue weighted by Gasteiger charge is 2.23. The fraction of sp³-hybridized carbons (Fsp3) is 0.222. The number of aromatic amines is 1. The molecule has 0 aliphatic carbocycles. The molecule has 5 rings (SSSR count). The SMILES string of the molecule is CN(C)c1ccc(CN(CCc2c[nH]c3ccccc23)C(=O)CN(CCc2ccccc2)C(=O)c2cccc(Cl)c2)cc1. The first-order valence-electron chi connectivity index (χ1n) is 14.5. The molecular weight excluding hydrogens is 556 g/mol. The van der Waals surface area contributed by atoms with Crippen molar-refractivity contribution in [1.82, 2.24) is 14.8 Å². The molecular formula is C36H37ClN4O2. The third kappa shape index (κ3) is 7.85. The summed E-state index contributed by atoms with van der Waals surface area (Å²) in [4.78, 5) is 36.7. The van der Waals surface area contributed by atoms with E-state index >= 15 is 0 Å². The van der Waals surface area contributed by atoms with Crippen molar-refractivity contribution in [2.24, 2.45) is 0 Å². The molecule has 0 radical (unpaired) electrons. The molecule has 0 saturated heterocycles. The van der Waals surface area contributed by atoms with E-state index in [1.807, 2.05) is 67.7 Å². The number of fused-ring (bicyclic) bond motifs is 1. The topological polar surface area (TPSA) is 59.7 Å². The third-order valence-electron chi connectivity index (χ3n) is 7.70. The molecule has 2 amide bonds. The quantitative estimate of drug-likeness (QED) is 0.172. The number of halogens is 1.